The highest BCUT2D eigenvalue weighted by Gasteiger charge is 2.14. The van der Waals surface area contributed by atoms with E-state index in [9.17, 15) is 4.57 Å². The Hall–Kier alpha value is 0.0700. The molecule has 1 N–H and O–H groups in total. The highest BCUT2D eigenvalue weighted by molar-refractivity contribution is 7.36. The monoisotopic (exact) mass is 208 g/mol. The Kier molecular flexibility index (Phi) is 4.91. The van der Waals surface area contributed by atoms with E-state index in [0.717, 1.165) is 13.1 Å². The summed E-state index contributed by atoms with van der Waals surface area (Å²) in [6, 6.07) is 0. The van der Waals surface area contributed by atoms with Crippen LogP contribution in [0.2, 0.25) is 0 Å². The summed E-state index contributed by atoms with van der Waals surface area (Å²) < 4.78 is 23.3. The van der Waals surface area contributed by atoms with Gasteiger partial charge in [-0.3, -0.25) is 4.57 Å². The van der Waals surface area contributed by atoms with E-state index < -0.39 is 8.18 Å². The molecule has 1 saturated heterocycles. The van der Waals surface area contributed by atoms with Crippen LogP contribution in [-0.4, -0.2) is 51.2 Å². The van der Waals surface area contributed by atoms with Gasteiger partial charge in [-0.15, -0.1) is 0 Å². The summed E-state index contributed by atoms with van der Waals surface area (Å²) in [4.78, 5) is 0. The Morgan fingerprint density at radius 3 is 3.00 bits per heavy atom. The second kappa shape index (κ2) is 5.73. The number of nitrogens with one attached hydrogen (secondary N) is 1. The van der Waals surface area contributed by atoms with Crippen LogP contribution in [0.3, 0.4) is 0 Å². The molecule has 0 aromatic heterocycles. The van der Waals surface area contributed by atoms with Gasteiger partial charge >= 0.3 is 0 Å². The molecule has 1 aliphatic rings. The number of hydrogen-bond acceptors (Lipinski definition) is 4. The minimum atomic E-state index is -2.03. The third-order valence-electron chi connectivity index (χ3n) is 1.76. The third kappa shape index (κ3) is 4.20. The minimum Gasteiger partial charge on any atom is -0.373 e. The van der Waals surface area contributed by atoms with E-state index in [1.54, 1.807) is 18.8 Å². The molecule has 13 heavy (non-hydrogen) atoms. The maximum atomic E-state index is 11.2. The molecule has 1 fully saturated rings. The molecule has 2 atom stereocenters. The Labute approximate surface area is 79.3 Å². The molecule has 5 nitrogen and oxygen atoms in total. The van der Waals surface area contributed by atoms with Gasteiger partial charge in [0.2, 0.25) is 0 Å². The highest BCUT2D eigenvalue weighted by Crippen LogP contribution is 2.24. The van der Waals surface area contributed by atoms with E-state index in [4.69, 9.17) is 9.26 Å². The van der Waals surface area contributed by atoms with Gasteiger partial charge in [-0.1, -0.05) is 0 Å². The van der Waals surface area contributed by atoms with Crippen molar-refractivity contribution in [1.29, 1.82) is 0 Å². The summed E-state index contributed by atoms with van der Waals surface area (Å²) >= 11 is 0. The molecule has 1 heterocycles. The van der Waals surface area contributed by atoms with Crippen molar-refractivity contribution in [2.75, 3.05) is 40.4 Å². The number of rotatable bonds is 4. The lowest BCUT2D eigenvalue weighted by atomic mass is 10.3. The van der Waals surface area contributed by atoms with Gasteiger partial charge in [0.05, 0.1) is 19.3 Å². The SMILES string of the molecule is CN(C)[PH](=O)OC[C@@H]1CNCCO1. The first-order chi connectivity index (χ1) is 6.20. The summed E-state index contributed by atoms with van der Waals surface area (Å²) in [6.07, 6.45) is 0.0441. The van der Waals surface area contributed by atoms with Crippen molar-refractivity contribution in [2.45, 2.75) is 6.10 Å². The summed E-state index contributed by atoms with van der Waals surface area (Å²) in [5.74, 6) is 0. The summed E-state index contributed by atoms with van der Waals surface area (Å²) in [6.45, 7) is 2.78. The molecular formula is C7H17N2O3P. The summed E-state index contributed by atoms with van der Waals surface area (Å²) in [7, 11) is 1.44. The van der Waals surface area contributed by atoms with Gasteiger partial charge in [-0.05, 0) is 14.1 Å². The second-order valence-electron chi connectivity index (χ2n) is 3.17. The Morgan fingerprint density at radius 1 is 1.69 bits per heavy atom. The van der Waals surface area contributed by atoms with Crippen molar-refractivity contribution in [3.05, 3.63) is 0 Å². The maximum Gasteiger partial charge on any atom is 0.260 e. The zero-order valence-corrected chi connectivity index (χ0v) is 9.08. The van der Waals surface area contributed by atoms with Crippen molar-refractivity contribution in [1.82, 2.24) is 9.99 Å². The van der Waals surface area contributed by atoms with Crippen LogP contribution in [-0.2, 0) is 13.8 Å². The Balaban J connectivity index is 2.13. The van der Waals surface area contributed by atoms with Crippen LogP contribution in [0.5, 0.6) is 0 Å². The molecule has 0 aromatic rings. The molecule has 0 saturated carbocycles. The third-order valence-corrected chi connectivity index (χ3v) is 2.91. The van der Waals surface area contributed by atoms with Crippen LogP contribution < -0.4 is 5.32 Å². The van der Waals surface area contributed by atoms with Crippen molar-refractivity contribution >= 4 is 8.18 Å². The quantitative estimate of drug-likeness (QED) is 0.656. The smallest absolute Gasteiger partial charge is 0.260 e. The van der Waals surface area contributed by atoms with Crippen molar-refractivity contribution in [3.8, 4) is 0 Å². The van der Waals surface area contributed by atoms with Crippen molar-refractivity contribution < 1.29 is 13.8 Å². The predicted molar refractivity (Wildman–Crippen MR) is 51.3 cm³/mol. The predicted octanol–water partition coefficient (Wildman–Crippen LogP) is -0.0573. The Morgan fingerprint density at radius 2 is 2.46 bits per heavy atom. The van der Waals surface area contributed by atoms with E-state index in [1.807, 2.05) is 0 Å². The zero-order chi connectivity index (χ0) is 9.68. The van der Waals surface area contributed by atoms with Crippen molar-refractivity contribution in [2.24, 2.45) is 0 Å². The topological polar surface area (TPSA) is 50.8 Å². The summed E-state index contributed by atoms with van der Waals surface area (Å²) in [5, 5.41) is 3.18. The first kappa shape index (κ1) is 11.1. The van der Waals surface area contributed by atoms with Gasteiger partial charge in [0.15, 0.2) is 0 Å². The lowest BCUT2D eigenvalue weighted by Gasteiger charge is -2.23. The van der Waals surface area contributed by atoms with Gasteiger partial charge in [-0.25, -0.2) is 4.67 Å². The zero-order valence-electron chi connectivity index (χ0n) is 8.08. The fourth-order valence-corrected chi connectivity index (χ4v) is 1.61. The average Bonchev–Trinajstić information content (AvgIpc) is 2.15. The van der Waals surface area contributed by atoms with Gasteiger partial charge < -0.3 is 14.6 Å². The van der Waals surface area contributed by atoms with Crippen LogP contribution in [0.15, 0.2) is 0 Å². The lowest BCUT2D eigenvalue weighted by molar-refractivity contribution is 0.000660. The highest BCUT2D eigenvalue weighted by atomic mass is 31.1. The van der Waals surface area contributed by atoms with E-state index in [1.165, 1.54) is 0 Å². The summed E-state index contributed by atoms with van der Waals surface area (Å²) in [5.41, 5.74) is 0. The molecule has 0 aromatic carbocycles. The molecule has 0 aliphatic carbocycles. The molecule has 1 aliphatic heterocycles. The van der Waals surface area contributed by atoms with Gasteiger partial charge in [0.25, 0.3) is 8.18 Å². The van der Waals surface area contributed by atoms with E-state index in [-0.39, 0.29) is 6.10 Å². The molecule has 0 bridgehead atoms. The van der Waals surface area contributed by atoms with Crippen LogP contribution in [0.25, 0.3) is 0 Å². The van der Waals surface area contributed by atoms with E-state index in [0.29, 0.717) is 13.2 Å². The first-order valence-electron chi connectivity index (χ1n) is 4.36. The van der Waals surface area contributed by atoms with Gasteiger partial charge in [0, 0.05) is 13.1 Å². The maximum absolute atomic E-state index is 11.2. The first-order valence-corrected chi connectivity index (χ1v) is 5.63. The standard InChI is InChI=1S/C7H17N2O3P/c1-9(2)13(10)12-6-7-5-8-3-4-11-7/h7-8,13H,3-6H2,1-2H3/t7-/m0/s1. The van der Waals surface area contributed by atoms with Gasteiger partial charge in [-0.2, -0.15) is 0 Å². The van der Waals surface area contributed by atoms with E-state index in [2.05, 4.69) is 5.32 Å². The molecule has 0 amide bonds. The molecule has 0 radical (unpaired) electrons. The largest absolute Gasteiger partial charge is 0.373 e. The second-order valence-corrected chi connectivity index (χ2v) is 4.88. The number of morpholine rings is 1. The van der Waals surface area contributed by atoms with Crippen LogP contribution >= 0.6 is 8.18 Å². The normalized spacial score (nSPS) is 26.2. The molecular weight excluding hydrogens is 191 g/mol. The van der Waals surface area contributed by atoms with Crippen LogP contribution in [0.4, 0.5) is 0 Å². The minimum absolute atomic E-state index is 0.0441. The Bertz CT molecular complexity index is 171. The molecule has 1 unspecified atom stereocenters. The number of nitrogens with zero attached hydrogens (tertiary/aromatic N) is 1. The van der Waals surface area contributed by atoms with Crippen LogP contribution in [0.1, 0.15) is 0 Å². The molecule has 6 heteroatoms. The van der Waals surface area contributed by atoms with Gasteiger partial charge in [0.1, 0.15) is 0 Å². The van der Waals surface area contributed by atoms with E-state index >= 15 is 0 Å². The molecule has 1 rings (SSSR count). The number of ether oxygens (including phenoxy) is 1. The lowest BCUT2D eigenvalue weighted by Crippen LogP contribution is -2.40. The fourth-order valence-electron chi connectivity index (χ4n) is 1.02. The number of hydrogen-bond donors (Lipinski definition) is 1. The fraction of sp³-hybridized carbons (Fsp3) is 1.00. The molecule has 0 spiro atoms. The van der Waals surface area contributed by atoms with Crippen LogP contribution in [0, 0.1) is 0 Å². The average molecular weight is 208 g/mol. The molecule has 78 valence electrons. The van der Waals surface area contributed by atoms with Crippen molar-refractivity contribution in [3.63, 3.8) is 0 Å².